The van der Waals surface area contributed by atoms with E-state index in [0.717, 1.165) is 17.2 Å². The van der Waals surface area contributed by atoms with Crippen molar-refractivity contribution in [1.82, 2.24) is 19.5 Å². The second kappa shape index (κ2) is 7.99. The van der Waals surface area contributed by atoms with Crippen molar-refractivity contribution in [3.05, 3.63) is 12.7 Å². The van der Waals surface area contributed by atoms with Gasteiger partial charge in [0.05, 0.1) is 12.2 Å². The SMILES string of the molecule is C#C[C@]1(O)[C@H](n2cnc3c(N)ncnc32)O[C@]2(CCl)C(OP(=O)(O)OP(=O)(O)OP(=O)(O)O)[C@@]21O. The molecule has 3 unspecified atom stereocenters. The third kappa shape index (κ3) is 3.95. The Morgan fingerprint density at radius 3 is 2.40 bits per heavy atom. The number of hydrogen-bond acceptors (Lipinski definition) is 13. The zero-order chi connectivity index (χ0) is 26.2. The largest absolute Gasteiger partial charge is 0.490 e. The van der Waals surface area contributed by atoms with Gasteiger partial charge in [-0.1, -0.05) is 5.92 Å². The quantitative estimate of drug-likeness (QED) is 0.109. The van der Waals surface area contributed by atoms with Crippen molar-refractivity contribution in [3.63, 3.8) is 0 Å². The summed E-state index contributed by atoms with van der Waals surface area (Å²) in [6.45, 7) is 0. The van der Waals surface area contributed by atoms with Crippen LogP contribution in [-0.2, 0) is 31.6 Å². The number of fused-ring (bicyclic) bond motifs is 2. The van der Waals surface area contributed by atoms with E-state index in [9.17, 15) is 33.7 Å². The van der Waals surface area contributed by atoms with Gasteiger partial charge in [-0.3, -0.25) is 9.09 Å². The van der Waals surface area contributed by atoms with Crippen molar-refractivity contribution >= 4 is 52.1 Å². The molecule has 3 heterocycles. The zero-order valence-electron chi connectivity index (χ0n) is 16.7. The van der Waals surface area contributed by atoms with Gasteiger partial charge in [0, 0.05) is 0 Å². The average Bonchev–Trinajstić information content (AvgIpc) is 3.00. The second-order valence-electron chi connectivity index (χ2n) is 7.33. The van der Waals surface area contributed by atoms with Gasteiger partial charge in [0.2, 0.25) is 5.60 Å². The van der Waals surface area contributed by atoms with E-state index >= 15 is 0 Å². The van der Waals surface area contributed by atoms with Crippen LogP contribution in [0.4, 0.5) is 5.82 Å². The molecule has 1 aliphatic heterocycles. The summed E-state index contributed by atoms with van der Waals surface area (Å²) in [4.78, 5) is 48.1. The smallest absolute Gasteiger partial charge is 0.382 e. The second-order valence-corrected chi connectivity index (χ2v) is 12.0. The molecule has 8 N–H and O–H groups in total. The molecule has 0 aromatic carbocycles. The average molecular weight is 578 g/mol. The van der Waals surface area contributed by atoms with Gasteiger partial charge in [-0.15, -0.1) is 18.0 Å². The molecule has 0 bridgehead atoms. The molecule has 2 fully saturated rings. The van der Waals surface area contributed by atoms with Crippen molar-refractivity contribution in [2.75, 3.05) is 11.6 Å². The Kier molecular flexibility index (Phi) is 6.06. The number of imidazole rings is 1. The molecule has 0 spiro atoms. The Bertz CT molecular complexity index is 1390. The lowest BCUT2D eigenvalue weighted by molar-refractivity contribution is -0.140. The van der Waals surface area contributed by atoms with Crippen LogP contribution in [0.25, 0.3) is 11.2 Å². The van der Waals surface area contributed by atoms with Gasteiger partial charge in [0.25, 0.3) is 0 Å². The first-order valence-electron chi connectivity index (χ1n) is 8.88. The molecule has 7 atom stereocenters. The lowest BCUT2D eigenvalue weighted by Gasteiger charge is -2.32. The number of phosphoric acid groups is 3. The lowest BCUT2D eigenvalue weighted by Crippen LogP contribution is -2.50. The van der Waals surface area contributed by atoms with Crippen LogP contribution in [0.5, 0.6) is 0 Å². The van der Waals surface area contributed by atoms with E-state index in [1.54, 1.807) is 0 Å². The van der Waals surface area contributed by atoms with E-state index < -0.39 is 58.5 Å². The maximum absolute atomic E-state index is 12.3. The summed E-state index contributed by atoms with van der Waals surface area (Å²) in [6.07, 6.45) is 3.94. The van der Waals surface area contributed by atoms with E-state index in [1.807, 2.05) is 5.92 Å². The minimum absolute atomic E-state index is 0.0234. The van der Waals surface area contributed by atoms with Gasteiger partial charge >= 0.3 is 23.5 Å². The van der Waals surface area contributed by atoms with Crippen molar-refractivity contribution in [1.29, 1.82) is 0 Å². The number of rotatable bonds is 8. The Labute approximate surface area is 199 Å². The fourth-order valence-corrected chi connectivity index (χ4v) is 7.54. The predicted octanol–water partition coefficient (Wildman–Crippen LogP) is -1.26. The molecule has 18 nitrogen and oxygen atoms in total. The number of nitrogen functional groups attached to an aromatic ring is 1. The molecule has 0 radical (unpaired) electrons. The van der Waals surface area contributed by atoms with Crippen molar-refractivity contribution in [2.45, 2.75) is 29.1 Å². The van der Waals surface area contributed by atoms with Crippen LogP contribution in [0.15, 0.2) is 12.7 Å². The van der Waals surface area contributed by atoms with Crippen LogP contribution in [0.1, 0.15) is 6.23 Å². The van der Waals surface area contributed by atoms with E-state index in [1.165, 1.54) is 0 Å². The number of nitrogens with zero attached hydrogens (tertiary/aromatic N) is 4. The summed E-state index contributed by atoms with van der Waals surface area (Å²) >= 11 is 5.92. The van der Waals surface area contributed by atoms with Crippen molar-refractivity contribution in [3.8, 4) is 12.3 Å². The molecule has 4 rings (SSSR count). The minimum Gasteiger partial charge on any atom is -0.382 e. The van der Waals surface area contributed by atoms with Gasteiger partial charge < -0.3 is 40.3 Å². The number of terminal acetylenes is 1. The topological polar surface area (TPSA) is 279 Å². The van der Waals surface area contributed by atoms with Crippen LogP contribution in [0, 0.1) is 12.3 Å². The number of aromatic nitrogens is 4. The Morgan fingerprint density at radius 2 is 1.83 bits per heavy atom. The summed E-state index contributed by atoms with van der Waals surface area (Å²) < 4.78 is 53.4. The van der Waals surface area contributed by atoms with Crippen molar-refractivity contribution < 1.29 is 61.4 Å². The number of alkyl halides is 1. The van der Waals surface area contributed by atoms with Crippen LogP contribution < -0.4 is 5.73 Å². The molecular formula is C13H15ClN5O13P3. The highest BCUT2D eigenvalue weighted by Gasteiger charge is 2.94. The third-order valence-corrected chi connectivity index (χ3v) is 9.54. The van der Waals surface area contributed by atoms with E-state index in [0.29, 0.717) is 0 Å². The number of hydrogen-bond donors (Lipinski definition) is 7. The molecule has 0 amide bonds. The highest BCUT2D eigenvalue weighted by atomic mass is 35.5. The lowest BCUT2D eigenvalue weighted by atomic mass is 9.92. The van der Waals surface area contributed by atoms with E-state index in [4.69, 9.17) is 38.3 Å². The summed E-state index contributed by atoms with van der Waals surface area (Å²) in [5.41, 5.74) is -1.82. The van der Waals surface area contributed by atoms with E-state index in [2.05, 4.69) is 28.1 Å². The predicted molar refractivity (Wildman–Crippen MR) is 111 cm³/mol. The molecule has 1 saturated heterocycles. The zero-order valence-corrected chi connectivity index (χ0v) is 20.2. The number of nitrogens with two attached hydrogens (primary N) is 1. The molecular weight excluding hydrogens is 563 g/mol. The first kappa shape index (κ1) is 26.6. The summed E-state index contributed by atoms with van der Waals surface area (Å²) in [5, 5.41) is 22.5. The maximum atomic E-state index is 12.3. The van der Waals surface area contributed by atoms with Gasteiger partial charge in [-0.05, 0) is 0 Å². The first-order valence-corrected chi connectivity index (χ1v) is 13.9. The molecule has 1 aliphatic carbocycles. The van der Waals surface area contributed by atoms with Crippen molar-refractivity contribution in [2.24, 2.45) is 0 Å². The van der Waals surface area contributed by atoms with Gasteiger partial charge in [-0.25, -0.2) is 28.6 Å². The number of ether oxygens (including phenoxy) is 1. The fraction of sp³-hybridized carbons (Fsp3) is 0.462. The number of phosphoric ester groups is 1. The van der Waals surface area contributed by atoms with Gasteiger partial charge in [-0.2, -0.15) is 8.62 Å². The summed E-state index contributed by atoms with van der Waals surface area (Å²) in [6, 6.07) is 0. The minimum atomic E-state index is -5.87. The maximum Gasteiger partial charge on any atom is 0.490 e. The Balaban J connectivity index is 1.67. The number of halogens is 1. The molecule has 1 saturated carbocycles. The molecule has 2 aromatic rings. The highest BCUT2D eigenvalue weighted by molar-refractivity contribution is 7.66. The highest BCUT2D eigenvalue weighted by Crippen LogP contribution is 2.74. The van der Waals surface area contributed by atoms with Gasteiger partial charge in [0.15, 0.2) is 23.3 Å². The normalized spacial score (nSPS) is 35.7. The molecule has 22 heteroatoms. The van der Waals surface area contributed by atoms with Crippen LogP contribution in [-0.4, -0.2) is 78.1 Å². The third-order valence-electron chi connectivity index (χ3n) is 5.34. The monoisotopic (exact) mass is 577 g/mol. The van der Waals surface area contributed by atoms with E-state index in [-0.39, 0.29) is 17.0 Å². The van der Waals surface area contributed by atoms with Crippen LogP contribution >= 0.6 is 35.1 Å². The van der Waals surface area contributed by atoms with Gasteiger partial charge in [0.1, 0.15) is 23.5 Å². The Morgan fingerprint density at radius 1 is 1.17 bits per heavy atom. The van der Waals surface area contributed by atoms with Crippen LogP contribution in [0.2, 0.25) is 0 Å². The molecule has 192 valence electrons. The summed E-state index contributed by atoms with van der Waals surface area (Å²) in [5.74, 6) is 1.17. The number of aliphatic hydroxyl groups is 2. The molecule has 2 aromatic heterocycles. The summed E-state index contributed by atoms with van der Waals surface area (Å²) in [7, 11) is -17.3. The first-order chi connectivity index (χ1) is 16.0. The van der Waals surface area contributed by atoms with Crippen LogP contribution in [0.3, 0.4) is 0 Å². The standard InChI is InChI=1S/C13H15ClN5O13P3/c1-2-11(20)10(19-5-18-6-7(15)16-4-17-8(6)19)29-12(3-14)9(13(11,12)21)30-34(25,26)32-35(27,28)31-33(22,23)24/h1,4-5,9-10,20-21H,3H2,(H,25,26)(H,27,28)(H2,15,16,17)(H2,22,23,24)/t9?,10-,11+,12-,13+/m1/s1. The molecule has 2 aliphatic rings. The Hall–Kier alpha value is -1.51. The fourth-order valence-electron chi connectivity index (χ4n) is 3.88. The molecule has 35 heavy (non-hydrogen) atoms. The number of anilines is 1.